The Morgan fingerprint density at radius 1 is 1.62 bits per heavy atom. The molecule has 1 N–H and O–H groups in total. The lowest BCUT2D eigenvalue weighted by Crippen LogP contribution is -2.34. The summed E-state index contributed by atoms with van der Waals surface area (Å²) in [6, 6.07) is 0.196. The first-order valence-electron chi connectivity index (χ1n) is 4.57. The molecule has 4 heteroatoms. The second-order valence-corrected chi connectivity index (χ2v) is 3.66. The molecule has 74 valence electrons. The van der Waals surface area contributed by atoms with E-state index >= 15 is 0 Å². The van der Waals surface area contributed by atoms with Crippen LogP contribution in [-0.2, 0) is 9.59 Å². The van der Waals surface area contributed by atoms with Crippen LogP contribution in [0.1, 0.15) is 20.3 Å². The first-order chi connectivity index (χ1) is 6.06. The van der Waals surface area contributed by atoms with E-state index in [9.17, 15) is 9.59 Å². The van der Waals surface area contributed by atoms with E-state index in [4.69, 9.17) is 0 Å². The van der Waals surface area contributed by atoms with Crippen molar-refractivity contribution in [3.8, 4) is 0 Å². The number of hydrogen-bond acceptors (Lipinski definition) is 2. The van der Waals surface area contributed by atoms with Gasteiger partial charge in [-0.2, -0.15) is 0 Å². The lowest BCUT2D eigenvalue weighted by molar-refractivity contribution is -0.129. The van der Waals surface area contributed by atoms with Gasteiger partial charge in [0.05, 0.1) is 5.92 Å². The largest absolute Gasteiger partial charge is 0.359 e. The van der Waals surface area contributed by atoms with Gasteiger partial charge < -0.3 is 10.2 Å². The first kappa shape index (κ1) is 10.0. The SMILES string of the molecule is CNC(=O)C1CC(=O)N(C(C)C)C1. The number of carbonyl (C=O) groups is 2. The average Bonchev–Trinajstić information content (AvgIpc) is 2.46. The van der Waals surface area contributed by atoms with E-state index in [1.54, 1.807) is 11.9 Å². The van der Waals surface area contributed by atoms with Gasteiger partial charge in [-0.1, -0.05) is 0 Å². The second kappa shape index (κ2) is 3.77. The molecule has 0 aromatic carbocycles. The first-order valence-corrected chi connectivity index (χ1v) is 4.57. The van der Waals surface area contributed by atoms with Crippen molar-refractivity contribution in [1.82, 2.24) is 10.2 Å². The van der Waals surface area contributed by atoms with Gasteiger partial charge in [-0.15, -0.1) is 0 Å². The number of amides is 2. The molecular weight excluding hydrogens is 168 g/mol. The molecule has 1 atom stereocenters. The lowest BCUT2D eigenvalue weighted by atomic mass is 10.1. The van der Waals surface area contributed by atoms with Crippen LogP contribution in [-0.4, -0.2) is 36.3 Å². The molecule has 0 spiro atoms. The number of nitrogens with one attached hydrogen (secondary N) is 1. The molecule has 1 saturated heterocycles. The molecule has 0 bridgehead atoms. The third-order valence-electron chi connectivity index (χ3n) is 2.40. The minimum atomic E-state index is -0.153. The second-order valence-electron chi connectivity index (χ2n) is 3.66. The highest BCUT2D eigenvalue weighted by Gasteiger charge is 2.34. The standard InChI is InChI=1S/C9H16N2O2/c1-6(2)11-5-7(4-8(11)12)9(13)10-3/h6-7H,4-5H2,1-3H3,(H,10,13). The molecule has 0 radical (unpaired) electrons. The molecule has 1 aliphatic heterocycles. The van der Waals surface area contributed by atoms with Crippen molar-refractivity contribution < 1.29 is 9.59 Å². The maximum absolute atomic E-state index is 11.4. The zero-order valence-electron chi connectivity index (χ0n) is 8.33. The fourth-order valence-corrected chi connectivity index (χ4v) is 1.61. The van der Waals surface area contributed by atoms with E-state index in [-0.39, 0.29) is 23.8 Å². The Hall–Kier alpha value is -1.06. The monoisotopic (exact) mass is 184 g/mol. The number of carbonyl (C=O) groups excluding carboxylic acids is 2. The van der Waals surface area contributed by atoms with E-state index in [1.165, 1.54) is 0 Å². The van der Waals surface area contributed by atoms with Gasteiger partial charge in [0.1, 0.15) is 0 Å². The zero-order chi connectivity index (χ0) is 10.0. The van der Waals surface area contributed by atoms with Crippen LogP contribution in [0.4, 0.5) is 0 Å². The highest BCUT2D eigenvalue weighted by Crippen LogP contribution is 2.19. The summed E-state index contributed by atoms with van der Waals surface area (Å²) in [6.45, 7) is 4.49. The Kier molecular flexibility index (Phi) is 2.90. The van der Waals surface area contributed by atoms with Gasteiger partial charge >= 0.3 is 0 Å². The maximum Gasteiger partial charge on any atom is 0.225 e. The number of likely N-dealkylation sites (tertiary alicyclic amines) is 1. The Bertz CT molecular complexity index is 226. The maximum atomic E-state index is 11.4. The summed E-state index contributed by atoms with van der Waals surface area (Å²) in [7, 11) is 1.60. The summed E-state index contributed by atoms with van der Waals surface area (Å²) in [6.07, 6.45) is 0.359. The molecule has 0 saturated carbocycles. The average molecular weight is 184 g/mol. The molecule has 1 rings (SSSR count). The third-order valence-corrected chi connectivity index (χ3v) is 2.40. The van der Waals surface area contributed by atoms with E-state index in [0.29, 0.717) is 13.0 Å². The Balaban J connectivity index is 2.60. The van der Waals surface area contributed by atoms with Crippen LogP contribution in [0.3, 0.4) is 0 Å². The van der Waals surface area contributed by atoms with Crippen molar-refractivity contribution in [1.29, 1.82) is 0 Å². The predicted molar refractivity (Wildman–Crippen MR) is 49.0 cm³/mol. The molecule has 1 fully saturated rings. The van der Waals surface area contributed by atoms with Crippen molar-refractivity contribution in [3.05, 3.63) is 0 Å². The van der Waals surface area contributed by atoms with Gasteiger partial charge in [0.15, 0.2) is 0 Å². The van der Waals surface area contributed by atoms with Gasteiger partial charge in [0.25, 0.3) is 0 Å². The highest BCUT2D eigenvalue weighted by atomic mass is 16.2. The van der Waals surface area contributed by atoms with Gasteiger partial charge in [-0.05, 0) is 13.8 Å². The molecule has 0 aromatic rings. The van der Waals surface area contributed by atoms with Crippen LogP contribution in [0.2, 0.25) is 0 Å². The molecule has 0 aliphatic carbocycles. The van der Waals surface area contributed by atoms with Crippen LogP contribution >= 0.6 is 0 Å². The molecule has 0 aromatic heterocycles. The quantitative estimate of drug-likeness (QED) is 0.656. The van der Waals surface area contributed by atoms with E-state index in [1.807, 2.05) is 13.8 Å². The van der Waals surface area contributed by atoms with Crippen molar-refractivity contribution in [2.45, 2.75) is 26.3 Å². The normalized spacial score (nSPS) is 22.6. The summed E-state index contributed by atoms with van der Waals surface area (Å²) >= 11 is 0. The summed E-state index contributed by atoms with van der Waals surface area (Å²) in [5, 5.41) is 2.57. The molecule has 1 aliphatic rings. The van der Waals surface area contributed by atoms with Gasteiger partial charge in [0.2, 0.25) is 11.8 Å². The Morgan fingerprint density at radius 3 is 2.62 bits per heavy atom. The minimum Gasteiger partial charge on any atom is -0.359 e. The molecule has 1 unspecified atom stereocenters. The van der Waals surface area contributed by atoms with Crippen LogP contribution < -0.4 is 5.32 Å². The number of nitrogens with zero attached hydrogens (tertiary/aromatic N) is 1. The summed E-state index contributed by atoms with van der Waals surface area (Å²) < 4.78 is 0. The van der Waals surface area contributed by atoms with Crippen LogP contribution in [0.15, 0.2) is 0 Å². The van der Waals surface area contributed by atoms with Gasteiger partial charge in [0, 0.05) is 26.1 Å². The minimum absolute atomic E-state index is 0.0310. The topological polar surface area (TPSA) is 49.4 Å². The lowest BCUT2D eigenvalue weighted by Gasteiger charge is -2.20. The molecule has 1 heterocycles. The third kappa shape index (κ3) is 1.99. The summed E-state index contributed by atoms with van der Waals surface area (Å²) in [4.78, 5) is 24.4. The molecular formula is C9H16N2O2. The Labute approximate surface area is 78.3 Å². The van der Waals surface area contributed by atoms with E-state index in [0.717, 1.165) is 0 Å². The van der Waals surface area contributed by atoms with Crippen molar-refractivity contribution in [2.24, 2.45) is 5.92 Å². The van der Waals surface area contributed by atoms with Crippen molar-refractivity contribution >= 4 is 11.8 Å². The Morgan fingerprint density at radius 2 is 2.23 bits per heavy atom. The predicted octanol–water partition coefficient (Wildman–Crippen LogP) is -0.0107. The smallest absolute Gasteiger partial charge is 0.225 e. The zero-order valence-corrected chi connectivity index (χ0v) is 8.33. The van der Waals surface area contributed by atoms with Crippen LogP contribution in [0, 0.1) is 5.92 Å². The van der Waals surface area contributed by atoms with Gasteiger partial charge in [-0.3, -0.25) is 9.59 Å². The molecule has 2 amide bonds. The molecule has 13 heavy (non-hydrogen) atoms. The fraction of sp³-hybridized carbons (Fsp3) is 0.778. The number of rotatable bonds is 2. The van der Waals surface area contributed by atoms with Gasteiger partial charge in [-0.25, -0.2) is 0 Å². The van der Waals surface area contributed by atoms with Crippen molar-refractivity contribution in [3.63, 3.8) is 0 Å². The number of hydrogen-bond donors (Lipinski definition) is 1. The van der Waals surface area contributed by atoms with E-state index < -0.39 is 0 Å². The summed E-state index contributed by atoms with van der Waals surface area (Å²) in [5.41, 5.74) is 0. The van der Waals surface area contributed by atoms with Crippen LogP contribution in [0.5, 0.6) is 0 Å². The highest BCUT2D eigenvalue weighted by molar-refractivity contribution is 5.89. The molecule has 4 nitrogen and oxygen atoms in total. The fourth-order valence-electron chi connectivity index (χ4n) is 1.61. The van der Waals surface area contributed by atoms with Crippen molar-refractivity contribution in [2.75, 3.05) is 13.6 Å². The summed E-state index contributed by atoms with van der Waals surface area (Å²) in [5.74, 6) is -0.0972. The van der Waals surface area contributed by atoms with E-state index in [2.05, 4.69) is 5.32 Å². The van der Waals surface area contributed by atoms with Crippen LogP contribution in [0.25, 0.3) is 0 Å².